The van der Waals surface area contributed by atoms with E-state index >= 15 is 0 Å². The van der Waals surface area contributed by atoms with Gasteiger partial charge in [-0.3, -0.25) is 14.6 Å². The van der Waals surface area contributed by atoms with Crippen molar-refractivity contribution in [2.45, 2.75) is 20.8 Å². The van der Waals surface area contributed by atoms with E-state index in [-0.39, 0.29) is 18.4 Å². The number of pyridine rings is 1. The van der Waals surface area contributed by atoms with Gasteiger partial charge in [-0.1, -0.05) is 6.07 Å². The van der Waals surface area contributed by atoms with Gasteiger partial charge < -0.3 is 10.6 Å². The second-order valence-electron chi connectivity index (χ2n) is 5.87. The number of rotatable bonds is 4. The highest BCUT2D eigenvalue weighted by Gasteiger charge is 2.15. The van der Waals surface area contributed by atoms with Gasteiger partial charge in [-0.25, -0.2) is 4.98 Å². The van der Waals surface area contributed by atoms with Gasteiger partial charge in [0.05, 0.1) is 28.6 Å². The van der Waals surface area contributed by atoms with Crippen molar-refractivity contribution in [3.8, 4) is 0 Å². The Hall–Kier alpha value is -2.80. The Kier molecular flexibility index (Phi) is 4.76. The Morgan fingerprint density at radius 2 is 1.96 bits per heavy atom. The van der Waals surface area contributed by atoms with E-state index in [1.165, 1.54) is 11.3 Å². The third kappa shape index (κ3) is 3.83. The smallest absolute Gasteiger partial charge is 0.280 e. The molecule has 2 aromatic heterocycles. The fraction of sp³-hybridized carbons (Fsp3) is 0.222. The standard InChI is InChI=1S/C18H18N4O2S/c1-10-6-12(3)16-14(7-10)25-18(22-16)17(24)20-9-15(23)21-13-8-19-5-4-11(13)2/h4-8H,9H2,1-3H3,(H,20,24)(H,21,23). The van der Waals surface area contributed by atoms with Crippen LogP contribution in [-0.4, -0.2) is 28.3 Å². The van der Waals surface area contributed by atoms with Gasteiger partial charge in [0.2, 0.25) is 5.91 Å². The van der Waals surface area contributed by atoms with Crippen LogP contribution in [0.4, 0.5) is 5.69 Å². The summed E-state index contributed by atoms with van der Waals surface area (Å²) in [5, 5.41) is 5.69. The predicted octanol–water partition coefficient (Wildman–Crippen LogP) is 2.99. The van der Waals surface area contributed by atoms with Crippen molar-refractivity contribution in [2.24, 2.45) is 0 Å². The van der Waals surface area contributed by atoms with Crippen LogP contribution in [0, 0.1) is 20.8 Å². The molecular weight excluding hydrogens is 336 g/mol. The highest BCUT2D eigenvalue weighted by atomic mass is 32.1. The monoisotopic (exact) mass is 354 g/mol. The van der Waals surface area contributed by atoms with Crippen LogP contribution in [0.2, 0.25) is 0 Å². The summed E-state index contributed by atoms with van der Waals surface area (Å²) in [7, 11) is 0. The SMILES string of the molecule is Cc1cc(C)c2nc(C(=O)NCC(=O)Nc3cnccc3C)sc2c1. The molecule has 2 amide bonds. The number of carbonyl (C=O) groups excluding carboxylic acids is 2. The molecule has 0 spiro atoms. The van der Waals surface area contributed by atoms with Gasteiger partial charge in [0.25, 0.3) is 5.91 Å². The molecule has 0 aliphatic carbocycles. The lowest BCUT2D eigenvalue weighted by Gasteiger charge is -2.07. The molecule has 3 aromatic rings. The molecule has 0 atom stereocenters. The number of benzene rings is 1. The molecular formula is C18H18N4O2S. The van der Waals surface area contributed by atoms with Gasteiger partial charge in [0.15, 0.2) is 5.01 Å². The van der Waals surface area contributed by atoms with Crippen LogP contribution in [0.3, 0.4) is 0 Å². The Balaban J connectivity index is 1.65. The maximum Gasteiger partial charge on any atom is 0.280 e. The maximum atomic E-state index is 12.3. The van der Waals surface area contributed by atoms with Gasteiger partial charge in [0, 0.05) is 6.20 Å². The summed E-state index contributed by atoms with van der Waals surface area (Å²) in [6.07, 6.45) is 3.23. The highest BCUT2D eigenvalue weighted by molar-refractivity contribution is 7.20. The van der Waals surface area contributed by atoms with Crippen LogP contribution in [0.1, 0.15) is 26.5 Å². The van der Waals surface area contributed by atoms with Gasteiger partial charge in [-0.05, 0) is 49.6 Å². The van der Waals surface area contributed by atoms with Crippen molar-refractivity contribution >= 4 is 39.1 Å². The van der Waals surface area contributed by atoms with E-state index in [2.05, 4.69) is 20.6 Å². The molecule has 1 aromatic carbocycles. The van der Waals surface area contributed by atoms with Crippen LogP contribution >= 0.6 is 11.3 Å². The summed E-state index contributed by atoms with van der Waals surface area (Å²) < 4.78 is 0.970. The topological polar surface area (TPSA) is 84.0 Å². The average Bonchev–Trinajstić information content (AvgIpc) is 2.99. The van der Waals surface area contributed by atoms with Crippen molar-refractivity contribution in [1.29, 1.82) is 0 Å². The minimum Gasteiger partial charge on any atom is -0.341 e. The molecule has 0 fully saturated rings. The first-order valence-corrected chi connectivity index (χ1v) is 8.62. The van der Waals surface area contributed by atoms with Crippen LogP contribution in [0.15, 0.2) is 30.6 Å². The second kappa shape index (κ2) is 6.98. The van der Waals surface area contributed by atoms with Crippen molar-refractivity contribution in [3.63, 3.8) is 0 Å². The van der Waals surface area contributed by atoms with E-state index in [4.69, 9.17) is 0 Å². The molecule has 7 heteroatoms. The van der Waals surface area contributed by atoms with E-state index in [1.54, 1.807) is 18.5 Å². The van der Waals surface area contributed by atoms with Crippen LogP contribution in [-0.2, 0) is 4.79 Å². The number of nitrogens with zero attached hydrogens (tertiary/aromatic N) is 2. The molecule has 0 saturated heterocycles. The summed E-state index contributed by atoms with van der Waals surface area (Å²) in [4.78, 5) is 32.6. The predicted molar refractivity (Wildman–Crippen MR) is 99.0 cm³/mol. The highest BCUT2D eigenvalue weighted by Crippen LogP contribution is 2.26. The molecule has 2 heterocycles. The Morgan fingerprint density at radius 3 is 2.72 bits per heavy atom. The minimum absolute atomic E-state index is 0.124. The van der Waals surface area contributed by atoms with Gasteiger partial charge in [-0.15, -0.1) is 11.3 Å². The molecule has 0 bridgehead atoms. The van der Waals surface area contributed by atoms with E-state index in [1.807, 2.05) is 32.9 Å². The molecule has 2 N–H and O–H groups in total. The molecule has 0 aliphatic heterocycles. The number of hydrogen-bond donors (Lipinski definition) is 2. The number of amides is 2. The van der Waals surface area contributed by atoms with Crippen LogP contribution < -0.4 is 10.6 Å². The quantitative estimate of drug-likeness (QED) is 0.754. The zero-order valence-electron chi connectivity index (χ0n) is 14.2. The first kappa shape index (κ1) is 17.0. The summed E-state index contributed by atoms with van der Waals surface area (Å²) >= 11 is 1.33. The van der Waals surface area contributed by atoms with Gasteiger partial charge in [0.1, 0.15) is 0 Å². The molecule has 0 unspecified atom stereocenters. The lowest BCUT2D eigenvalue weighted by atomic mass is 10.1. The molecule has 6 nitrogen and oxygen atoms in total. The molecule has 0 aliphatic rings. The molecule has 3 rings (SSSR count). The van der Waals surface area contributed by atoms with E-state index < -0.39 is 0 Å². The summed E-state index contributed by atoms with van der Waals surface area (Å²) in [6, 6.07) is 5.85. The first-order valence-electron chi connectivity index (χ1n) is 7.80. The molecule has 25 heavy (non-hydrogen) atoms. The summed E-state index contributed by atoms with van der Waals surface area (Å²) in [5.74, 6) is -0.658. The average molecular weight is 354 g/mol. The van der Waals surface area contributed by atoms with Gasteiger partial charge >= 0.3 is 0 Å². The largest absolute Gasteiger partial charge is 0.341 e. The number of thiazole rings is 1. The zero-order chi connectivity index (χ0) is 18.0. The third-order valence-electron chi connectivity index (χ3n) is 3.75. The Bertz CT molecular complexity index is 965. The normalized spacial score (nSPS) is 10.7. The Morgan fingerprint density at radius 1 is 1.16 bits per heavy atom. The number of aryl methyl sites for hydroxylation is 3. The van der Waals surface area contributed by atoms with E-state index in [9.17, 15) is 9.59 Å². The van der Waals surface area contributed by atoms with Crippen molar-refractivity contribution in [2.75, 3.05) is 11.9 Å². The lowest BCUT2D eigenvalue weighted by molar-refractivity contribution is -0.115. The number of anilines is 1. The number of aromatic nitrogens is 2. The number of fused-ring (bicyclic) bond motifs is 1. The number of hydrogen-bond acceptors (Lipinski definition) is 5. The molecule has 0 radical (unpaired) electrons. The van der Waals surface area contributed by atoms with Crippen molar-refractivity contribution in [1.82, 2.24) is 15.3 Å². The van der Waals surface area contributed by atoms with E-state index in [0.717, 1.165) is 26.9 Å². The maximum absolute atomic E-state index is 12.3. The molecule has 128 valence electrons. The number of nitrogens with one attached hydrogen (secondary N) is 2. The minimum atomic E-state index is -0.351. The van der Waals surface area contributed by atoms with Crippen LogP contribution in [0.5, 0.6) is 0 Å². The molecule has 0 saturated carbocycles. The van der Waals surface area contributed by atoms with Gasteiger partial charge in [-0.2, -0.15) is 0 Å². The Labute approximate surface area is 149 Å². The summed E-state index contributed by atoms with van der Waals surface area (Å²) in [5.41, 5.74) is 4.54. The second-order valence-corrected chi connectivity index (χ2v) is 6.90. The zero-order valence-corrected chi connectivity index (χ0v) is 15.0. The lowest BCUT2D eigenvalue weighted by Crippen LogP contribution is -2.32. The fourth-order valence-corrected chi connectivity index (χ4v) is 3.55. The van der Waals surface area contributed by atoms with Crippen LogP contribution in [0.25, 0.3) is 10.2 Å². The number of carbonyl (C=O) groups is 2. The summed E-state index contributed by atoms with van der Waals surface area (Å²) in [6.45, 7) is 5.74. The first-order chi connectivity index (χ1) is 11.9. The van der Waals surface area contributed by atoms with Crippen molar-refractivity contribution in [3.05, 3.63) is 52.3 Å². The van der Waals surface area contributed by atoms with E-state index in [0.29, 0.717) is 10.7 Å². The van der Waals surface area contributed by atoms with Crippen molar-refractivity contribution < 1.29 is 9.59 Å². The third-order valence-corrected chi connectivity index (χ3v) is 4.75. The fourth-order valence-electron chi connectivity index (χ4n) is 2.49.